The van der Waals surface area contributed by atoms with Gasteiger partial charge in [-0.15, -0.1) is 0 Å². The number of halogens is 1. The highest BCUT2D eigenvalue weighted by Gasteiger charge is 2.41. The molecule has 1 aliphatic rings. The highest BCUT2D eigenvalue weighted by Crippen LogP contribution is 2.40. The minimum absolute atomic E-state index is 0.0708. The maximum absolute atomic E-state index is 6.27. The van der Waals surface area contributed by atoms with Crippen LogP contribution in [0.3, 0.4) is 0 Å². The van der Waals surface area contributed by atoms with E-state index in [1.807, 2.05) is 55.6 Å². The van der Waals surface area contributed by atoms with E-state index in [9.17, 15) is 0 Å². The molecule has 5 rings (SSSR count). The average molecular weight is 449 g/mol. The molecular formula is C24H21ClN4OS. The Balaban J connectivity index is 1.61. The fourth-order valence-electron chi connectivity index (χ4n) is 4.12. The van der Waals surface area contributed by atoms with Gasteiger partial charge in [-0.25, -0.2) is 0 Å². The number of aromatic nitrogens is 2. The summed E-state index contributed by atoms with van der Waals surface area (Å²) >= 11 is 12.0. The topological polar surface area (TPSA) is 46.2 Å². The van der Waals surface area contributed by atoms with E-state index >= 15 is 0 Å². The molecule has 4 aromatic rings. The van der Waals surface area contributed by atoms with Gasteiger partial charge in [0, 0.05) is 28.8 Å². The van der Waals surface area contributed by atoms with Crippen LogP contribution < -0.4 is 5.32 Å². The van der Waals surface area contributed by atoms with Crippen molar-refractivity contribution in [2.24, 2.45) is 0 Å². The Morgan fingerprint density at radius 2 is 2.03 bits per heavy atom. The second kappa shape index (κ2) is 8.21. The highest BCUT2D eigenvalue weighted by atomic mass is 35.5. The van der Waals surface area contributed by atoms with Crippen molar-refractivity contribution >= 4 is 28.9 Å². The highest BCUT2D eigenvalue weighted by molar-refractivity contribution is 7.80. The van der Waals surface area contributed by atoms with Crippen molar-refractivity contribution in [1.29, 1.82) is 0 Å². The predicted octanol–water partition coefficient (Wildman–Crippen LogP) is 5.60. The zero-order valence-electron chi connectivity index (χ0n) is 16.9. The largest absolute Gasteiger partial charge is 0.467 e. The van der Waals surface area contributed by atoms with Crippen LogP contribution in [0.5, 0.6) is 0 Å². The lowest BCUT2D eigenvalue weighted by Crippen LogP contribution is -2.29. The van der Waals surface area contributed by atoms with Gasteiger partial charge in [0.25, 0.3) is 0 Å². The van der Waals surface area contributed by atoms with Crippen molar-refractivity contribution in [3.05, 3.63) is 107 Å². The fourth-order valence-corrected chi connectivity index (χ4v) is 4.54. The number of pyridine rings is 1. The molecule has 5 nitrogen and oxygen atoms in total. The molecule has 1 saturated heterocycles. The third-order valence-electron chi connectivity index (χ3n) is 5.61. The predicted molar refractivity (Wildman–Crippen MR) is 125 cm³/mol. The quantitative estimate of drug-likeness (QED) is 0.402. The third-order valence-corrected chi connectivity index (χ3v) is 6.38. The van der Waals surface area contributed by atoms with Crippen molar-refractivity contribution < 1.29 is 4.42 Å². The second-order valence-corrected chi connectivity index (χ2v) is 8.36. The van der Waals surface area contributed by atoms with Crippen molar-refractivity contribution in [2.75, 3.05) is 0 Å². The Hall–Kier alpha value is -3.09. The summed E-state index contributed by atoms with van der Waals surface area (Å²) in [5.41, 5.74) is 4.14. The Morgan fingerprint density at radius 3 is 2.77 bits per heavy atom. The van der Waals surface area contributed by atoms with E-state index in [0.29, 0.717) is 11.7 Å². The Labute approximate surface area is 191 Å². The van der Waals surface area contributed by atoms with Crippen LogP contribution in [0.2, 0.25) is 5.02 Å². The zero-order chi connectivity index (χ0) is 21.4. The molecule has 7 heteroatoms. The van der Waals surface area contributed by atoms with Gasteiger partial charge in [0.1, 0.15) is 5.76 Å². The van der Waals surface area contributed by atoms with E-state index in [-0.39, 0.29) is 12.1 Å². The molecule has 1 N–H and O–H groups in total. The van der Waals surface area contributed by atoms with E-state index in [2.05, 4.69) is 44.2 Å². The van der Waals surface area contributed by atoms with Crippen LogP contribution in [-0.4, -0.2) is 19.6 Å². The Morgan fingerprint density at radius 1 is 1.13 bits per heavy atom. The average Bonchev–Trinajstić information content (AvgIpc) is 3.52. The molecule has 0 aliphatic carbocycles. The van der Waals surface area contributed by atoms with Gasteiger partial charge in [-0.05, 0) is 79.3 Å². The lowest BCUT2D eigenvalue weighted by molar-refractivity contribution is 0.280. The molecule has 0 radical (unpaired) electrons. The number of aryl methyl sites for hydroxylation is 1. The smallest absolute Gasteiger partial charge is 0.170 e. The van der Waals surface area contributed by atoms with Gasteiger partial charge >= 0.3 is 0 Å². The summed E-state index contributed by atoms with van der Waals surface area (Å²) in [4.78, 5) is 6.78. The molecule has 2 atom stereocenters. The van der Waals surface area contributed by atoms with Gasteiger partial charge < -0.3 is 19.2 Å². The number of nitrogens with one attached hydrogen (secondary N) is 1. The van der Waals surface area contributed by atoms with E-state index in [1.54, 1.807) is 6.26 Å². The number of rotatable bonds is 5. The van der Waals surface area contributed by atoms with Gasteiger partial charge in [0.05, 0.1) is 30.6 Å². The summed E-state index contributed by atoms with van der Waals surface area (Å²) in [6.07, 6.45) is 5.57. The summed E-state index contributed by atoms with van der Waals surface area (Å²) < 4.78 is 7.82. The zero-order valence-corrected chi connectivity index (χ0v) is 18.5. The van der Waals surface area contributed by atoms with Crippen LogP contribution in [0, 0.1) is 6.92 Å². The van der Waals surface area contributed by atoms with Crippen LogP contribution in [-0.2, 0) is 6.54 Å². The molecule has 1 fully saturated rings. The molecule has 0 bridgehead atoms. The van der Waals surface area contributed by atoms with Crippen LogP contribution >= 0.6 is 23.8 Å². The van der Waals surface area contributed by atoms with E-state index in [4.69, 9.17) is 28.2 Å². The van der Waals surface area contributed by atoms with Crippen molar-refractivity contribution in [3.8, 4) is 5.69 Å². The number of furan rings is 1. The first-order valence-electron chi connectivity index (χ1n) is 10.1. The number of thiocarbonyl (C=S) groups is 1. The summed E-state index contributed by atoms with van der Waals surface area (Å²) in [5.74, 6) is 0.858. The second-order valence-electron chi connectivity index (χ2n) is 7.57. The molecule has 0 saturated carbocycles. The van der Waals surface area contributed by atoms with Gasteiger partial charge in [-0.2, -0.15) is 0 Å². The van der Waals surface area contributed by atoms with Gasteiger partial charge in [-0.1, -0.05) is 17.7 Å². The van der Waals surface area contributed by atoms with Crippen LogP contribution in [0.15, 0.2) is 83.7 Å². The SMILES string of the molecule is Cc1cc(-n2cccc2C2C(c3ccccn3)NC(=S)N2Cc2ccco2)ccc1Cl. The molecular weight excluding hydrogens is 428 g/mol. The molecule has 3 aromatic heterocycles. The van der Waals surface area contributed by atoms with Crippen LogP contribution in [0.4, 0.5) is 0 Å². The molecule has 0 amide bonds. The van der Waals surface area contributed by atoms with Crippen LogP contribution in [0.1, 0.15) is 34.8 Å². The lowest BCUT2D eigenvalue weighted by atomic mass is 10.0. The van der Waals surface area contributed by atoms with E-state index < -0.39 is 0 Å². The Kier molecular flexibility index (Phi) is 5.26. The first-order valence-corrected chi connectivity index (χ1v) is 10.8. The summed E-state index contributed by atoms with van der Waals surface area (Å²) in [5, 5.41) is 4.92. The minimum atomic E-state index is -0.0919. The third kappa shape index (κ3) is 3.73. The van der Waals surface area contributed by atoms with Crippen molar-refractivity contribution in [1.82, 2.24) is 19.8 Å². The molecule has 2 unspecified atom stereocenters. The molecule has 31 heavy (non-hydrogen) atoms. The van der Waals surface area contributed by atoms with Gasteiger partial charge in [0.15, 0.2) is 5.11 Å². The summed E-state index contributed by atoms with van der Waals surface area (Å²) in [6, 6.07) is 19.9. The monoisotopic (exact) mass is 448 g/mol. The molecule has 1 aliphatic heterocycles. The maximum Gasteiger partial charge on any atom is 0.170 e. The number of benzene rings is 1. The molecule has 4 heterocycles. The first-order chi connectivity index (χ1) is 15.1. The maximum atomic E-state index is 6.27. The van der Waals surface area contributed by atoms with Crippen molar-refractivity contribution in [3.63, 3.8) is 0 Å². The van der Waals surface area contributed by atoms with Crippen LogP contribution in [0.25, 0.3) is 5.69 Å². The van der Waals surface area contributed by atoms with E-state index in [0.717, 1.165) is 33.4 Å². The number of hydrogen-bond acceptors (Lipinski definition) is 3. The number of nitrogens with zero attached hydrogens (tertiary/aromatic N) is 3. The standard InChI is InChI=1S/C24H21ClN4OS/c1-16-14-17(9-10-19(16)25)28-12-4-8-21(28)23-22(20-7-2-3-11-26-20)27-24(31)29(23)15-18-6-5-13-30-18/h2-14,22-23H,15H2,1H3,(H,27,31). The normalized spacial score (nSPS) is 18.4. The molecule has 1 aromatic carbocycles. The lowest BCUT2D eigenvalue weighted by Gasteiger charge is -2.28. The molecule has 0 spiro atoms. The number of hydrogen-bond donors (Lipinski definition) is 1. The van der Waals surface area contributed by atoms with E-state index in [1.165, 1.54) is 0 Å². The Bertz CT molecular complexity index is 1210. The van der Waals surface area contributed by atoms with Gasteiger partial charge in [0.2, 0.25) is 0 Å². The summed E-state index contributed by atoms with van der Waals surface area (Å²) in [7, 11) is 0. The molecule has 156 valence electrons. The summed E-state index contributed by atoms with van der Waals surface area (Å²) in [6.45, 7) is 2.58. The first kappa shape index (κ1) is 19.8. The fraction of sp³-hybridized carbons (Fsp3) is 0.167. The minimum Gasteiger partial charge on any atom is -0.467 e. The van der Waals surface area contributed by atoms with Crippen molar-refractivity contribution in [2.45, 2.75) is 25.6 Å². The van der Waals surface area contributed by atoms with Gasteiger partial charge in [-0.3, -0.25) is 4.98 Å².